The lowest BCUT2D eigenvalue weighted by Gasteiger charge is -2.45. The van der Waals surface area contributed by atoms with Crippen molar-refractivity contribution in [1.29, 1.82) is 0 Å². The summed E-state index contributed by atoms with van der Waals surface area (Å²) in [5.74, 6) is 1.98. The van der Waals surface area contributed by atoms with Gasteiger partial charge in [-0.2, -0.15) is 0 Å². The van der Waals surface area contributed by atoms with Crippen LogP contribution in [0.4, 0.5) is 0 Å². The van der Waals surface area contributed by atoms with E-state index >= 15 is 0 Å². The molecule has 2 unspecified atom stereocenters. The molecule has 5 atom stereocenters. The van der Waals surface area contributed by atoms with Gasteiger partial charge in [0.2, 0.25) is 0 Å². The number of allylic oxidation sites excluding steroid dienone is 3. The minimum Gasteiger partial charge on any atom is -0.393 e. The Morgan fingerprint density at radius 2 is 1.49 bits per heavy atom. The average molecular weight is 491 g/mol. The van der Waals surface area contributed by atoms with E-state index < -0.39 is 23.4 Å². The Balaban J connectivity index is 1.73. The minimum absolute atomic E-state index is 0.322. The first kappa shape index (κ1) is 28.9. The van der Waals surface area contributed by atoms with Gasteiger partial charge < -0.3 is 20.4 Å². The number of aliphatic hydroxyl groups excluding tert-OH is 2. The first-order valence-electron chi connectivity index (χ1n) is 14.5. The zero-order valence-corrected chi connectivity index (χ0v) is 23.2. The van der Waals surface area contributed by atoms with Crippen molar-refractivity contribution in [2.75, 3.05) is 0 Å². The van der Waals surface area contributed by atoms with Crippen LogP contribution in [0.5, 0.6) is 0 Å². The summed E-state index contributed by atoms with van der Waals surface area (Å²) >= 11 is 0. The molecule has 3 saturated carbocycles. The second-order valence-electron chi connectivity index (χ2n) is 13.8. The SMILES string of the molecule is CC(C)(O)CCCC(CCCC(C)(C)O)C1CCC2/C(=C/C=C3C[C@@H](O)C[C@H](O)C3)CCC[C@@]21C. The van der Waals surface area contributed by atoms with Crippen LogP contribution in [0.25, 0.3) is 0 Å². The van der Waals surface area contributed by atoms with Crippen LogP contribution in [0.3, 0.4) is 0 Å². The highest BCUT2D eigenvalue weighted by Crippen LogP contribution is 2.60. The minimum atomic E-state index is -0.603. The van der Waals surface area contributed by atoms with E-state index in [1.807, 2.05) is 27.7 Å². The molecule has 3 aliphatic carbocycles. The maximum atomic E-state index is 10.3. The number of aliphatic hydroxyl groups is 4. The standard InChI is InChI=1S/C31H54O4/c1-29(2,34)16-6-9-23(10-7-17-30(3,4)35)27-14-15-28-24(11-8-18-31(27,28)5)13-12-22-19-25(32)21-26(33)20-22/h12-13,23,25-28,32-35H,6-11,14-21H2,1-5H3/b24-13+/t25-,26-,27?,28?,31-/m1/s1. The molecule has 4 nitrogen and oxygen atoms in total. The van der Waals surface area contributed by atoms with Gasteiger partial charge in [-0.25, -0.2) is 0 Å². The van der Waals surface area contributed by atoms with Gasteiger partial charge in [-0.15, -0.1) is 0 Å². The van der Waals surface area contributed by atoms with E-state index in [-0.39, 0.29) is 0 Å². The highest BCUT2D eigenvalue weighted by molar-refractivity contribution is 5.26. The average Bonchev–Trinajstić information content (AvgIpc) is 3.06. The summed E-state index contributed by atoms with van der Waals surface area (Å²) in [5, 5.41) is 40.7. The van der Waals surface area contributed by atoms with Gasteiger partial charge in [0.05, 0.1) is 23.4 Å². The van der Waals surface area contributed by atoms with E-state index in [2.05, 4.69) is 19.1 Å². The molecule has 0 aliphatic heterocycles. The molecule has 4 heteroatoms. The second kappa shape index (κ2) is 11.8. The molecule has 0 saturated heterocycles. The summed E-state index contributed by atoms with van der Waals surface area (Å²) in [7, 11) is 0. The molecular formula is C31H54O4. The maximum Gasteiger partial charge on any atom is 0.0602 e. The Hall–Kier alpha value is -0.680. The molecule has 0 heterocycles. The molecule has 0 aromatic heterocycles. The molecular weight excluding hydrogens is 436 g/mol. The maximum absolute atomic E-state index is 10.3. The molecule has 0 bridgehead atoms. The van der Waals surface area contributed by atoms with E-state index in [0.717, 1.165) is 25.7 Å². The number of fused-ring (bicyclic) bond motifs is 1. The third-order valence-corrected chi connectivity index (χ3v) is 9.41. The van der Waals surface area contributed by atoms with Crippen molar-refractivity contribution in [2.24, 2.45) is 23.2 Å². The number of rotatable bonds is 10. The lowest BCUT2D eigenvalue weighted by molar-refractivity contribution is 0.0479. The first-order chi connectivity index (χ1) is 16.3. The highest BCUT2D eigenvalue weighted by atomic mass is 16.3. The van der Waals surface area contributed by atoms with Crippen LogP contribution < -0.4 is 0 Å². The Labute approximate surface area is 214 Å². The molecule has 0 radical (unpaired) electrons. The van der Waals surface area contributed by atoms with Gasteiger partial charge in [-0.3, -0.25) is 0 Å². The third kappa shape index (κ3) is 8.42. The van der Waals surface area contributed by atoms with Crippen LogP contribution in [-0.4, -0.2) is 43.8 Å². The predicted molar refractivity (Wildman–Crippen MR) is 144 cm³/mol. The van der Waals surface area contributed by atoms with Gasteiger partial charge in [0.15, 0.2) is 0 Å². The van der Waals surface area contributed by atoms with Crippen molar-refractivity contribution < 1.29 is 20.4 Å². The van der Waals surface area contributed by atoms with Crippen molar-refractivity contribution in [3.05, 3.63) is 23.3 Å². The van der Waals surface area contributed by atoms with Crippen LogP contribution in [-0.2, 0) is 0 Å². The lowest BCUT2D eigenvalue weighted by atomic mass is 9.60. The monoisotopic (exact) mass is 490 g/mol. The Morgan fingerprint density at radius 3 is 2.03 bits per heavy atom. The summed E-state index contributed by atoms with van der Waals surface area (Å²) in [6.07, 6.45) is 18.0. The zero-order valence-electron chi connectivity index (χ0n) is 23.2. The second-order valence-corrected chi connectivity index (χ2v) is 13.8. The molecule has 3 fully saturated rings. The van der Waals surface area contributed by atoms with Gasteiger partial charge in [-0.1, -0.05) is 55.9 Å². The van der Waals surface area contributed by atoms with Crippen molar-refractivity contribution >= 4 is 0 Å². The van der Waals surface area contributed by atoms with Gasteiger partial charge in [0.1, 0.15) is 0 Å². The van der Waals surface area contributed by atoms with E-state index in [4.69, 9.17) is 0 Å². The fraction of sp³-hybridized carbons (Fsp3) is 0.871. The van der Waals surface area contributed by atoms with Crippen LogP contribution in [0, 0.1) is 23.2 Å². The fourth-order valence-corrected chi connectivity index (χ4v) is 7.72. The molecule has 0 amide bonds. The van der Waals surface area contributed by atoms with E-state index in [0.29, 0.717) is 42.4 Å². The lowest BCUT2D eigenvalue weighted by Crippen LogP contribution is -2.37. The van der Waals surface area contributed by atoms with Gasteiger partial charge >= 0.3 is 0 Å². The van der Waals surface area contributed by atoms with Gasteiger partial charge in [0.25, 0.3) is 0 Å². The molecule has 3 rings (SSSR count). The van der Waals surface area contributed by atoms with Crippen molar-refractivity contribution in [3.8, 4) is 0 Å². The Kier molecular flexibility index (Phi) is 9.73. The molecule has 4 N–H and O–H groups in total. The summed E-state index contributed by atoms with van der Waals surface area (Å²) < 4.78 is 0. The summed E-state index contributed by atoms with van der Waals surface area (Å²) in [6.45, 7) is 10.2. The van der Waals surface area contributed by atoms with Gasteiger partial charge in [0, 0.05) is 0 Å². The van der Waals surface area contributed by atoms with Crippen molar-refractivity contribution in [3.63, 3.8) is 0 Å². The van der Waals surface area contributed by atoms with E-state index in [1.54, 1.807) is 5.57 Å². The molecule has 3 aliphatic rings. The zero-order chi connectivity index (χ0) is 25.9. The largest absolute Gasteiger partial charge is 0.393 e. The fourth-order valence-electron chi connectivity index (χ4n) is 7.72. The smallest absolute Gasteiger partial charge is 0.0602 e. The highest BCUT2D eigenvalue weighted by Gasteiger charge is 2.51. The molecule has 0 spiro atoms. The molecule has 35 heavy (non-hydrogen) atoms. The number of hydrogen-bond acceptors (Lipinski definition) is 4. The van der Waals surface area contributed by atoms with Crippen LogP contribution in [0.2, 0.25) is 0 Å². The number of hydrogen-bond donors (Lipinski definition) is 4. The predicted octanol–water partition coefficient (Wildman–Crippen LogP) is 6.46. The van der Waals surface area contributed by atoms with Crippen LogP contribution in [0.1, 0.15) is 125 Å². The first-order valence-corrected chi connectivity index (χ1v) is 14.5. The quantitative estimate of drug-likeness (QED) is 0.283. The van der Waals surface area contributed by atoms with E-state index in [9.17, 15) is 20.4 Å². The summed E-state index contributed by atoms with van der Waals surface area (Å²) in [4.78, 5) is 0. The molecule has 0 aromatic rings. The normalized spacial score (nSPS) is 33.4. The molecule has 202 valence electrons. The van der Waals surface area contributed by atoms with Crippen molar-refractivity contribution in [1.82, 2.24) is 0 Å². The third-order valence-electron chi connectivity index (χ3n) is 9.41. The van der Waals surface area contributed by atoms with Crippen LogP contribution in [0.15, 0.2) is 23.3 Å². The summed E-state index contributed by atoms with van der Waals surface area (Å²) in [5.41, 5.74) is 1.88. The Morgan fingerprint density at radius 1 is 0.914 bits per heavy atom. The topological polar surface area (TPSA) is 80.9 Å². The van der Waals surface area contributed by atoms with Crippen molar-refractivity contribution in [2.45, 2.75) is 148 Å². The molecule has 0 aromatic carbocycles. The van der Waals surface area contributed by atoms with Gasteiger partial charge in [-0.05, 0) is 115 Å². The summed E-state index contributed by atoms with van der Waals surface area (Å²) in [6, 6.07) is 0. The van der Waals surface area contributed by atoms with Crippen LogP contribution >= 0.6 is 0 Å². The van der Waals surface area contributed by atoms with E-state index in [1.165, 1.54) is 50.5 Å². The Bertz CT molecular complexity index is 708.